The van der Waals surface area contributed by atoms with Crippen LogP contribution in [0.2, 0.25) is 0 Å². The Morgan fingerprint density at radius 3 is 2.45 bits per heavy atom. The molecule has 2 unspecified atom stereocenters. The van der Waals surface area contributed by atoms with E-state index in [0.717, 1.165) is 22.9 Å². The molecule has 0 aliphatic carbocycles. The first-order chi connectivity index (χ1) is 22.2. The average Bonchev–Trinajstić information content (AvgIpc) is 3.57. The minimum absolute atomic E-state index is 0.0109. The number of β-lactam (4-membered cyclic amide) rings is 1. The quantitative estimate of drug-likeness (QED) is 0.192. The molecule has 3 aromatic rings. The van der Waals surface area contributed by atoms with Crippen molar-refractivity contribution in [1.82, 2.24) is 20.1 Å². The molecule has 6 rings (SSSR count). The number of phenols is 1. The van der Waals surface area contributed by atoms with E-state index in [2.05, 4.69) is 15.6 Å². The highest BCUT2D eigenvalue weighted by Gasteiger charge is 2.66. The average molecular weight is 663 g/mol. The number of pyridine rings is 1. The van der Waals surface area contributed by atoms with Crippen molar-refractivity contribution in [2.75, 3.05) is 5.32 Å². The van der Waals surface area contributed by atoms with Gasteiger partial charge < -0.3 is 36.5 Å². The fraction of sp³-hybridized carbons (Fsp3) is 0.323. The summed E-state index contributed by atoms with van der Waals surface area (Å²) in [5, 5.41) is 23.9. The monoisotopic (exact) mass is 662 g/mol. The minimum atomic E-state index is -1.49. The number of nitrogens with two attached hydrogens (primary N) is 1. The Hall–Kier alpha value is -5.22. The lowest BCUT2D eigenvalue weighted by atomic mass is 9.94. The summed E-state index contributed by atoms with van der Waals surface area (Å²) in [6, 6.07) is 4.83. The molecule has 0 bridgehead atoms. The summed E-state index contributed by atoms with van der Waals surface area (Å²) in [6.07, 6.45) is 1.58. The number of nitrogens with one attached hydrogen (secondary N) is 3. The van der Waals surface area contributed by atoms with E-state index in [1.165, 1.54) is 42.5 Å². The van der Waals surface area contributed by atoms with Crippen molar-refractivity contribution in [2.24, 2.45) is 5.73 Å². The van der Waals surface area contributed by atoms with Crippen LogP contribution in [0.3, 0.4) is 0 Å². The maximum Gasteiger partial charge on any atom is 0.327 e. The number of hydrogen-bond donors (Lipinski definition) is 6. The predicted molar refractivity (Wildman–Crippen MR) is 168 cm³/mol. The number of thioether (sulfide) groups is 1. The second-order valence-electron chi connectivity index (χ2n) is 12.0. The van der Waals surface area contributed by atoms with Crippen molar-refractivity contribution in [3.8, 4) is 5.75 Å². The second-order valence-corrected chi connectivity index (χ2v) is 13.8. The summed E-state index contributed by atoms with van der Waals surface area (Å²) in [5.41, 5.74) is 5.57. The van der Waals surface area contributed by atoms with Crippen LogP contribution in [0, 0.1) is 0 Å². The maximum absolute atomic E-state index is 14.2. The Labute approximate surface area is 270 Å². The highest BCUT2D eigenvalue weighted by Crippen LogP contribution is 2.52. The number of imide groups is 1. The lowest BCUT2D eigenvalue weighted by Crippen LogP contribution is -2.72. The standard InChI is InChI=1S/C31H30N6O9S/c1-31(2)24(30(45)46)37-28(44)22(29(37)47-31)36(27(43)20(32)13-6-8-14(38)9-7-13)26(42)16-12-33-21-15(23(16)40)4-3-5-17(21)35-25(41)18-10-11-19(39)34-18/h3-9,12,18,20,22,24,29,38H,10-11,32H2,1-2H3,(H,33,40)(H,34,39)(H,35,41)(H,45,46)/t18?,20?,22-,24+,29-/m1/s1. The number of benzene rings is 2. The van der Waals surface area contributed by atoms with Gasteiger partial charge in [-0.2, -0.15) is 0 Å². The number of carbonyl (C=O) groups is 6. The number of rotatable bonds is 7. The van der Waals surface area contributed by atoms with Gasteiger partial charge in [0.25, 0.3) is 17.7 Å². The van der Waals surface area contributed by atoms with E-state index < -0.39 is 74.9 Å². The van der Waals surface area contributed by atoms with Gasteiger partial charge in [-0.05, 0) is 50.1 Å². The lowest BCUT2D eigenvalue weighted by molar-refractivity contribution is -0.166. The molecule has 5 atom stereocenters. The number of fused-ring (bicyclic) bond motifs is 2. The van der Waals surface area contributed by atoms with E-state index in [1.54, 1.807) is 13.8 Å². The van der Waals surface area contributed by atoms with Gasteiger partial charge >= 0.3 is 5.97 Å². The number of carboxylic acids is 1. The number of para-hydroxylation sites is 1. The first-order valence-electron chi connectivity index (χ1n) is 14.6. The molecule has 47 heavy (non-hydrogen) atoms. The largest absolute Gasteiger partial charge is 0.508 e. The number of nitrogens with zero attached hydrogens (tertiary/aromatic N) is 2. The van der Waals surface area contributed by atoms with Gasteiger partial charge in [0.1, 0.15) is 40.9 Å². The third kappa shape index (κ3) is 5.28. The number of aromatic hydroxyl groups is 1. The van der Waals surface area contributed by atoms with Gasteiger partial charge in [0.05, 0.1) is 11.2 Å². The number of H-pyrrole nitrogens is 1. The zero-order valence-corrected chi connectivity index (χ0v) is 25.9. The summed E-state index contributed by atoms with van der Waals surface area (Å²) in [7, 11) is 0. The third-order valence-electron chi connectivity index (χ3n) is 8.61. The SMILES string of the molecule is CC1(C)S[C@@H]2[C@H](N(C(=O)c3c[nH]c4c(NC(=O)C5CCC(=O)N5)cccc4c3=O)C(=O)C(N)c3ccc(O)cc3)C(=O)N2[C@H]1C(=O)O. The van der Waals surface area contributed by atoms with Crippen LogP contribution in [-0.4, -0.2) is 88.7 Å². The Kier molecular flexibility index (Phi) is 7.80. The molecule has 5 amide bonds. The zero-order valence-electron chi connectivity index (χ0n) is 25.1. The van der Waals surface area contributed by atoms with Crippen molar-refractivity contribution in [3.05, 3.63) is 70.0 Å². The second kappa shape index (κ2) is 11.5. The lowest BCUT2D eigenvalue weighted by Gasteiger charge is -2.47. The summed E-state index contributed by atoms with van der Waals surface area (Å²) in [6.45, 7) is 3.28. The molecular formula is C31H30N6O9S. The fourth-order valence-corrected chi connectivity index (χ4v) is 7.92. The summed E-state index contributed by atoms with van der Waals surface area (Å²) < 4.78 is -0.972. The molecule has 3 saturated heterocycles. The Bertz CT molecular complexity index is 1930. The molecule has 3 aliphatic heterocycles. The van der Waals surface area contributed by atoms with Gasteiger partial charge in [0, 0.05) is 22.8 Å². The first kappa shape index (κ1) is 31.7. The van der Waals surface area contributed by atoms with Crippen LogP contribution in [0.15, 0.2) is 53.5 Å². The van der Waals surface area contributed by atoms with E-state index in [-0.39, 0.29) is 40.2 Å². The van der Waals surface area contributed by atoms with E-state index in [4.69, 9.17) is 5.73 Å². The van der Waals surface area contributed by atoms with Crippen molar-refractivity contribution >= 4 is 63.9 Å². The molecule has 0 saturated carbocycles. The molecule has 0 spiro atoms. The van der Waals surface area contributed by atoms with Crippen LogP contribution in [0.5, 0.6) is 5.75 Å². The first-order valence-corrected chi connectivity index (χ1v) is 15.5. The van der Waals surface area contributed by atoms with E-state index in [9.17, 15) is 43.8 Å². The van der Waals surface area contributed by atoms with Crippen LogP contribution in [0.1, 0.15) is 48.7 Å². The Morgan fingerprint density at radius 2 is 1.81 bits per heavy atom. The number of phenolic OH excluding ortho intramolecular Hbond substituents is 1. The molecule has 4 heterocycles. The Balaban J connectivity index is 1.38. The van der Waals surface area contributed by atoms with Gasteiger partial charge in [-0.1, -0.05) is 18.2 Å². The van der Waals surface area contributed by atoms with Crippen LogP contribution in [0.4, 0.5) is 5.69 Å². The number of aromatic nitrogens is 1. The highest BCUT2D eigenvalue weighted by molar-refractivity contribution is 8.01. The van der Waals surface area contributed by atoms with E-state index in [0.29, 0.717) is 11.3 Å². The minimum Gasteiger partial charge on any atom is -0.508 e. The number of carbonyl (C=O) groups excluding carboxylic acids is 5. The molecule has 15 nitrogen and oxygen atoms in total. The summed E-state index contributed by atoms with van der Waals surface area (Å²) in [5.74, 6) is -5.03. The van der Waals surface area contributed by atoms with Gasteiger partial charge in [-0.3, -0.25) is 33.7 Å². The molecule has 244 valence electrons. The molecule has 2 aromatic carbocycles. The van der Waals surface area contributed by atoms with Gasteiger partial charge in [-0.25, -0.2) is 4.79 Å². The molecule has 1 aromatic heterocycles. The molecule has 7 N–H and O–H groups in total. The number of carboxylic acid groups (broad SMARTS) is 1. The summed E-state index contributed by atoms with van der Waals surface area (Å²) >= 11 is 1.11. The molecule has 3 aliphatic rings. The smallest absolute Gasteiger partial charge is 0.327 e. The Morgan fingerprint density at radius 1 is 1.11 bits per heavy atom. The van der Waals surface area contributed by atoms with Crippen molar-refractivity contribution in [2.45, 2.75) is 61.0 Å². The molecule has 0 radical (unpaired) electrons. The number of aromatic amines is 1. The van der Waals surface area contributed by atoms with Crippen LogP contribution < -0.4 is 21.8 Å². The molecule has 16 heteroatoms. The van der Waals surface area contributed by atoms with Crippen LogP contribution in [0.25, 0.3) is 10.9 Å². The molecule has 3 fully saturated rings. The topological polar surface area (TPSA) is 232 Å². The van der Waals surface area contributed by atoms with E-state index >= 15 is 0 Å². The normalized spacial score (nSPS) is 23.4. The van der Waals surface area contributed by atoms with Crippen molar-refractivity contribution in [3.63, 3.8) is 0 Å². The maximum atomic E-state index is 14.2. The van der Waals surface area contributed by atoms with Crippen LogP contribution >= 0.6 is 11.8 Å². The van der Waals surface area contributed by atoms with Gasteiger partial charge in [-0.15, -0.1) is 11.8 Å². The third-order valence-corrected chi connectivity index (χ3v) is 10.2. The number of amides is 5. The molecular weight excluding hydrogens is 632 g/mol. The zero-order chi connectivity index (χ0) is 33.9. The summed E-state index contributed by atoms with van der Waals surface area (Å²) in [4.78, 5) is 96.7. The van der Waals surface area contributed by atoms with Gasteiger partial charge in [0.15, 0.2) is 0 Å². The van der Waals surface area contributed by atoms with Crippen LogP contribution in [-0.2, 0) is 24.0 Å². The van der Waals surface area contributed by atoms with Crippen molar-refractivity contribution < 1.29 is 39.0 Å². The van der Waals surface area contributed by atoms with E-state index in [1.807, 2.05) is 0 Å². The van der Waals surface area contributed by atoms with Crippen molar-refractivity contribution in [1.29, 1.82) is 0 Å². The number of hydrogen-bond acceptors (Lipinski definition) is 10. The number of anilines is 1. The predicted octanol–water partition coefficient (Wildman–Crippen LogP) is 0.635. The fourth-order valence-electron chi connectivity index (χ4n) is 6.24. The highest BCUT2D eigenvalue weighted by atomic mass is 32.2. The number of aliphatic carboxylic acids is 1. The van der Waals surface area contributed by atoms with Gasteiger partial charge in [0.2, 0.25) is 17.2 Å².